The van der Waals surface area contributed by atoms with Gasteiger partial charge < -0.3 is 5.73 Å². The molecule has 2 unspecified atom stereocenters. The third-order valence-electron chi connectivity index (χ3n) is 3.51. The van der Waals surface area contributed by atoms with E-state index in [4.69, 9.17) is 5.73 Å². The number of nitrogens with two attached hydrogens (primary N) is 1. The van der Waals surface area contributed by atoms with Gasteiger partial charge in [-0.1, -0.05) is 26.2 Å². The van der Waals surface area contributed by atoms with Crippen LogP contribution >= 0.6 is 11.8 Å². The Hall–Kier alpha value is -0.700. The number of thioether (sulfide) groups is 1. The fraction of sp³-hybridized carbons (Fsp3) is 0.571. The topological polar surface area (TPSA) is 26.0 Å². The summed E-state index contributed by atoms with van der Waals surface area (Å²) in [6.07, 6.45) is 6.44. The van der Waals surface area contributed by atoms with Gasteiger partial charge in [0.25, 0.3) is 0 Å². The lowest BCUT2D eigenvalue weighted by Crippen LogP contribution is -2.16. The van der Waals surface area contributed by atoms with Crippen LogP contribution in [0.1, 0.15) is 39.0 Å². The molecular weight excluding hydrogens is 233 g/mol. The lowest BCUT2D eigenvalue weighted by molar-refractivity contribution is 0.357. The highest BCUT2D eigenvalue weighted by atomic mass is 32.2. The van der Waals surface area contributed by atoms with Gasteiger partial charge in [-0.3, -0.25) is 0 Å². The second-order valence-corrected chi connectivity index (χ2v) is 6.27. The van der Waals surface area contributed by atoms with Gasteiger partial charge in [0.2, 0.25) is 0 Å². The molecule has 2 rings (SSSR count). The molecule has 0 aliphatic heterocycles. The molecule has 1 aliphatic rings. The maximum Gasteiger partial charge on any atom is 0.126 e. The molecule has 0 heterocycles. The molecule has 17 heavy (non-hydrogen) atoms. The van der Waals surface area contributed by atoms with E-state index in [0.717, 1.165) is 10.8 Å². The largest absolute Gasteiger partial charge is 0.399 e. The van der Waals surface area contributed by atoms with Crippen molar-refractivity contribution in [3.05, 3.63) is 24.0 Å². The van der Waals surface area contributed by atoms with Crippen LogP contribution in [-0.4, -0.2) is 5.25 Å². The first-order valence-corrected chi connectivity index (χ1v) is 7.28. The molecule has 3 heteroatoms. The molecule has 1 saturated carbocycles. The summed E-state index contributed by atoms with van der Waals surface area (Å²) in [7, 11) is 0. The Balaban J connectivity index is 2.00. The number of hydrogen-bond acceptors (Lipinski definition) is 2. The van der Waals surface area contributed by atoms with Crippen molar-refractivity contribution in [1.29, 1.82) is 0 Å². The molecular formula is C14H20FNS. The van der Waals surface area contributed by atoms with E-state index >= 15 is 0 Å². The minimum absolute atomic E-state index is 0.227. The summed E-state index contributed by atoms with van der Waals surface area (Å²) in [5.74, 6) is 0.627. The van der Waals surface area contributed by atoms with Crippen LogP contribution in [0.25, 0.3) is 0 Å². The van der Waals surface area contributed by atoms with Gasteiger partial charge >= 0.3 is 0 Å². The van der Waals surface area contributed by atoms with Crippen molar-refractivity contribution in [3.8, 4) is 0 Å². The van der Waals surface area contributed by atoms with Gasteiger partial charge in [-0.15, -0.1) is 11.8 Å². The first-order valence-electron chi connectivity index (χ1n) is 6.40. The monoisotopic (exact) mass is 253 g/mol. The van der Waals surface area contributed by atoms with Crippen molar-refractivity contribution in [2.24, 2.45) is 5.92 Å². The van der Waals surface area contributed by atoms with E-state index in [2.05, 4.69) is 6.92 Å². The first-order chi connectivity index (χ1) is 8.17. The molecule has 1 aromatic rings. The van der Waals surface area contributed by atoms with Gasteiger partial charge in [-0.25, -0.2) is 4.39 Å². The van der Waals surface area contributed by atoms with Crippen LogP contribution in [0.15, 0.2) is 23.1 Å². The highest BCUT2D eigenvalue weighted by molar-refractivity contribution is 8.00. The fourth-order valence-electron chi connectivity index (χ4n) is 2.56. The van der Waals surface area contributed by atoms with Crippen LogP contribution in [0.2, 0.25) is 0 Å². The zero-order valence-corrected chi connectivity index (χ0v) is 11.1. The van der Waals surface area contributed by atoms with E-state index in [1.54, 1.807) is 17.8 Å². The van der Waals surface area contributed by atoms with Gasteiger partial charge in [-0.2, -0.15) is 0 Å². The Morgan fingerprint density at radius 2 is 2.18 bits per heavy atom. The molecule has 0 radical (unpaired) electrons. The molecule has 1 aromatic carbocycles. The zero-order chi connectivity index (χ0) is 12.3. The van der Waals surface area contributed by atoms with Crippen LogP contribution in [-0.2, 0) is 0 Å². The van der Waals surface area contributed by atoms with Gasteiger partial charge in [0.15, 0.2) is 0 Å². The summed E-state index contributed by atoms with van der Waals surface area (Å²) in [6, 6.07) is 4.85. The molecule has 1 nitrogen and oxygen atoms in total. The minimum Gasteiger partial charge on any atom is -0.399 e. The van der Waals surface area contributed by atoms with Gasteiger partial charge in [0, 0.05) is 15.8 Å². The molecule has 94 valence electrons. The second-order valence-electron chi connectivity index (χ2n) is 4.90. The third kappa shape index (κ3) is 3.63. The second kappa shape index (κ2) is 5.76. The predicted molar refractivity (Wildman–Crippen MR) is 72.7 cm³/mol. The third-order valence-corrected chi connectivity index (χ3v) is 4.78. The standard InChI is InChI=1S/C14H20FNS/c1-2-10-4-3-5-13(6-10)17-14-8-11(15)7-12(16)9-14/h7-10,13H,2-6,16H2,1H3. The Morgan fingerprint density at radius 1 is 1.35 bits per heavy atom. The van der Waals surface area contributed by atoms with Crippen molar-refractivity contribution in [2.75, 3.05) is 5.73 Å². The normalized spacial score (nSPS) is 24.8. The molecule has 1 aliphatic carbocycles. The highest BCUT2D eigenvalue weighted by Crippen LogP contribution is 2.37. The van der Waals surface area contributed by atoms with Crippen molar-refractivity contribution < 1.29 is 4.39 Å². The van der Waals surface area contributed by atoms with Crippen molar-refractivity contribution in [2.45, 2.75) is 49.2 Å². The molecule has 0 saturated heterocycles. The van der Waals surface area contributed by atoms with Gasteiger partial charge in [0.1, 0.15) is 5.82 Å². The van der Waals surface area contributed by atoms with Crippen molar-refractivity contribution in [3.63, 3.8) is 0 Å². The van der Waals surface area contributed by atoms with E-state index in [9.17, 15) is 4.39 Å². The molecule has 0 amide bonds. The number of benzene rings is 1. The number of anilines is 1. The number of hydrogen-bond donors (Lipinski definition) is 1. The van der Waals surface area contributed by atoms with E-state index in [1.165, 1.54) is 38.2 Å². The van der Waals surface area contributed by atoms with E-state index < -0.39 is 0 Å². The Morgan fingerprint density at radius 3 is 2.88 bits per heavy atom. The van der Waals surface area contributed by atoms with E-state index in [0.29, 0.717) is 10.9 Å². The fourth-order valence-corrected chi connectivity index (χ4v) is 3.99. The number of nitrogen functional groups attached to an aromatic ring is 1. The smallest absolute Gasteiger partial charge is 0.126 e. The Bertz CT molecular complexity index is 360. The summed E-state index contributed by atoms with van der Waals surface area (Å²) in [5.41, 5.74) is 6.19. The van der Waals surface area contributed by atoms with Crippen LogP contribution in [0, 0.1) is 11.7 Å². The molecule has 0 bridgehead atoms. The van der Waals surface area contributed by atoms with Crippen molar-refractivity contribution >= 4 is 17.4 Å². The lowest BCUT2D eigenvalue weighted by Gasteiger charge is -2.28. The molecule has 2 N–H and O–H groups in total. The van der Waals surface area contributed by atoms with Crippen LogP contribution in [0.4, 0.5) is 10.1 Å². The summed E-state index contributed by atoms with van der Waals surface area (Å²) in [4.78, 5) is 0.976. The highest BCUT2D eigenvalue weighted by Gasteiger charge is 2.21. The quantitative estimate of drug-likeness (QED) is 0.804. The van der Waals surface area contributed by atoms with Crippen LogP contribution in [0.3, 0.4) is 0 Å². The van der Waals surface area contributed by atoms with Crippen LogP contribution in [0.5, 0.6) is 0 Å². The lowest BCUT2D eigenvalue weighted by atomic mass is 9.87. The summed E-state index contributed by atoms with van der Waals surface area (Å²) < 4.78 is 13.2. The average molecular weight is 253 g/mol. The van der Waals surface area contributed by atoms with E-state index in [-0.39, 0.29) is 5.82 Å². The maximum atomic E-state index is 13.2. The SMILES string of the molecule is CCC1CCCC(Sc2cc(N)cc(F)c2)C1. The number of rotatable bonds is 3. The number of halogens is 1. The molecule has 0 spiro atoms. The minimum atomic E-state index is -0.227. The van der Waals surface area contributed by atoms with Crippen molar-refractivity contribution in [1.82, 2.24) is 0 Å². The van der Waals surface area contributed by atoms with Gasteiger partial charge in [0.05, 0.1) is 0 Å². The first kappa shape index (κ1) is 12.7. The average Bonchev–Trinajstić information content (AvgIpc) is 2.28. The molecule has 0 aromatic heterocycles. The summed E-state index contributed by atoms with van der Waals surface area (Å²) in [6.45, 7) is 2.26. The Kier molecular flexibility index (Phi) is 4.32. The predicted octanol–water partition coefficient (Wildman–Crippen LogP) is 4.47. The van der Waals surface area contributed by atoms with Gasteiger partial charge in [-0.05, 0) is 37.0 Å². The summed E-state index contributed by atoms with van der Waals surface area (Å²) in [5, 5.41) is 0.634. The molecule has 2 atom stereocenters. The zero-order valence-electron chi connectivity index (χ0n) is 10.3. The molecule has 1 fully saturated rings. The van der Waals surface area contributed by atoms with Crippen LogP contribution < -0.4 is 5.73 Å². The Labute approximate surface area is 107 Å². The van der Waals surface area contributed by atoms with E-state index in [1.807, 2.05) is 6.07 Å². The maximum absolute atomic E-state index is 13.2. The summed E-state index contributed by atoms with van der Waals surface area (Å²) >= 11 is 1.79.